The fourth-order valence-corrected chi connectivity index (χ4v) is 1.07. The molecule has 0 radical (unpaired) electrons. The molecule has 0 heterocycles. The van der Waals surface area contributed by atoms with Crippen LogP contribution in [0.4, 0.5) is 4.79 Å². The van der Waals surface area contributed by atoms with E-state index < -0.39 is 0 Å². The van der Waals surface area contributed by atoms with Gasteiger partial charge in [-0.15, -0.1) is 12.3 Å². The summed E-state index contributed by atoms with van der Waals surface area (Å²) in [5.41, 5.74) is 0.0416. The Balaban J connectivity index is 2.21. The number of hydrogen-bond acceptors (Lipinski definition) is 1. The first-order chi connectivity index (χ1) is 6.06. The second-order valence-corrected chi connectivity index (χ2v) is 3.97. The zero-order valence-corrected chi connectivity index (χ0v) is 8.18. The Kier molecular flexibility index (Phi) is 2.82. The largest absolute Gasteiger partial charge is 0.335 e. The minimum atomic E-state index is -0.109. The molecule has 1 aliphatic rings. The van der Waals surface area contributed by atoms with E-state index in [-0.39, 0.29) is 17.6 Å². The Morgan fingerprint density at radius 3 is 2.77 bits per heavy atom. The van der Waals surface area contributed by atoms with Crippen molar-refractivity contribution in [3.05, 3.63) is 0 Å². The van der Waals surface area contributed by atoms with Crippen LogP contribution in [-0.4, -0.2) is 17.6 Å². The predicted octanol–water partition coefficient (Wildman–Crippen LogP) is 1.25. The van der Waals surface area contributed by atoms with E-state index in [1.807, 2.05) is 13.8 Å². The van der Waals surface area contributed by atoms with E-state index in [1.165, 1.54) is 0 Å². The van der Waals surface area contributed by atoms with E-state index in [4.69, 9.17) is 6.42 Å². The van der Waals surface area contributed by atoms with Crippen LogP contribution in [0.1, 0.15) is 33.1 Å². The molecule has 2 N–H and O–H groups in total. The monoisotopic (exact) mass is 180 g/mol. The van der Waals surface area contributed by atoms with Crippen LogP contribution in [0.3, 0.4) is 0 Å². The second-order valence-electron chi connectivity index (χ2n) is 3.97. The van der Waals surface area contributed by atoms with Gasteiger partial charge in [0.1, 0.15) is 0 Å². The molecule has 2 amide bonds. The Morgan fingerprint density at radius 2 is 2.31 bits per heavy atom. The van der Waals surface area contributed by atoms with E-state index >= 15 is 0 Å². The van der Waals surface area contributed by atoms with Gasteiger partial charge in [-0.05, 0) is 26.7 Å². The zero-order chi connectivity index (χ0) is 9.90. The summed E-state index contributed by atoms with van der Waals surface area (Å²) in [5.74, 6) is 2.51. The summed E-state index contributed by atoms with van der Waals surface area (Å²) in [6.45, 7) is 3.94. The second kappa shape index (κ2) is 3.69. The molecule has 1 unspecified atom stereocenters. The standard InChI is InChI=1S/C10H16N2O/c1-4-5-8(2)11-9(13)12-10(3)6-7-10/h1,8H,5-7H2,2-3H3,(H2,11,12,13). The van der Waals surface area contributed by atoms with Gasteiger partial charge in [0.15, 0.2) is 0 Å². The van der Waals surface area contributed by atoms with E-state index in [2.05, 4.69) is 16.6 Å². The van der Waals surface area contributed by atoms with E-state index in [0.717, 1.165) is 12.8 Å². The molecule has 0 aromatic carbocycles. The third-order valence-corrected chi connectivity index (χ3v) is 2.22. The maximum Gasteiger partial charge on any atom is 0.315 e. The lowest BCUT2D eigenvalue weighted by molar-refractivity contribution is 0.234. The summed E-state index contributed by atoms with van der Waals surface area (Å²) >= 11 is 0. The molecule has 3 heteroatoms. The summed E-state index contributed by atoms with van der Waals surface area (Å²) in [5, 5.41) is 5.69. The fraction of sp³-hybridized carbons (Fsp3) is 0.700. The van der Waals surface area contributed by atoms with Crippen molar-refractivity contribution >= 4 is 6.03 Å². The molecule has 1 aliphatic carbocycles. The minimum Gasteiger partial charge on any atom is -0.335 e. The molecule has 0 aromatic rings. The molecule has 72 valence electrons. The number of urea groups is 1. The van der Waals surface area contributed by atoms with Crippen LogP contribution >= 0.6 is 0 Å². The van der Waals surface area contributed by atoms with Gasteiger partial charge in [-0.2, -0.15) is 0 Å². The molecule has 1 rings (SSSR count). The van der Waals surface area contributed by atoms with Crippen molar-refractivity contribution in [2.75, 3.05) is 0 Å². The number of amides is 2. The number of terminal acetylenes is 1. The van der Waals surface area contributed by atoms with Crippen molar-refractivity contribution in [1.29, 1.82) is 0 Å². The molecular weight excluding hydrogens is 164 g/mol. The minimum absolute atomic E-state index is 0.0416. The number of hydrogen-bond donors (Lipinski definition) is 2. The Morgan fingerprint density at radius 1 is 1.69 bits per heavy atom. The van der Waals surface area contributed by atoms with Gasteiger partial charge in [-0.25, -0.2) is 4.79 Å². The molecule has 0 spiro atoms. The van der Waals surface area contributed by atoms with Crippen molar-refractivity contribution in [1.82, 2.24) is 10.6 Å². The highest BCUT2D eigenvalue weighted by molar-refractivity contribution is 5.75. The van der Waals surface area contributed by atoms with Crippen molar-refractivity contribution < 1.29 is 4.79 Å². The highest BCUT2D eigenvalue weighted by Crippen LogP contribution is 2.33. The van der Waals surface area contributed by atoms with Crippen LogP contribution in [0, 0.1) is 12.3 Å². The summed E-state index contributed by atoms with van der Waals surface area (Å²) in [4.78, 5) is 11.3. The highest BCUT2D eigenvalue weighted by Gasteiger charge is 2.38. The third kappa shape index (κ3) is 3.37. The van der Waals surface area contributed by atoms with Gasteiger partial charge < -0.3 is 10.6 Å². The van der Waals surface area contributed by atoms with E-state index in [0.29, 0.717) is 6.42 Å². The quantitative estimate of drug-likeness (QED) is 0.630. The van der Waals surface area contributed by atoms with Crippen LogP contribution < -0.4 is 10.6 Å². The predicted molar refractivity (Wildman–Crippen MR) is 52.2 cm³/mol. The summed E-state index contributed by atoms with van der Waals surface area (Å²) in [6, 6.07) is -0.0601. The lowest BCUT2D eigenvalue weighted by Crippen LogP contribution is -2.45. The number of carbonyl (C=O) groups is 1. The van der Waals surface area contributed by atoms with Crippen LogP contribution in [0.5, 0.6) is 0 Å². The Hall–Kier alpha value is -1.17. The maximum atomic E-state index is 11.3. The molecular formula is C10H16N2O. The topological polar surface area (TPSA) is 41.1 Å². The maximum absolute atomic E-state index is 11.3. The number of nitrogens with one attached hydrogen (secondary N) is 2. The summed E-state index contributed by atoms with van der Waals surface area (Å²) in [7, 11) is 0. The average Bonchev–Trinajstić information content (AvgIpc) is 2.67. The Labute approximate surface area is 79.3 Å². The molecule has 0 saturated heterocycles. The van der Waals surface area contributed by atoms with Gasteiger partial charge in [-0.3, -0.25) is 0 Å². The van der Waals surface area contributed by atoms with Crippen LogP contribution in [0.25, 0.3) is 0 Å². The van der Waals surface area contributed by atoms with Crippen molar-refractivity contribution in [2.24, 2.45) is 0 Å². The van der Waals surface area contributed by atoms with Gasteiger partial charge in [0.05, 0.1) is 0 Å². The van der Waals surface area contributed by atoms with Crippen LogP contribution in [-0.2, 0) is 0 Å². The highest BCUT2D eigenvalue weighted by atomic mass is 16.2. The summed E-state index contributed by atoms with van der Waals surface area (Å²) in [6.07, 6.45) is 7.84. The first-order valence-electron chi connectivity index (χ1n) is 4.58. The number of rotatable bonds is 3. The average molecular weight is 180 g/mol. The normalized spacial score (nSPS) is 19.8. The van der Waals surface area contributed by atoms with E-state index in [1.54, 1.807) is 0 Å². The van der Waals surface area contributed by atoms with Gasteiger partial charge in [0.25, 0.3) is 0 Å². The van der Waals surface area contributed by atoms with Gasteiger partial charge in [0, 0.05) is 18.0 Å². The SMILES string of the molecule is C#CCC(C)NC(=O)NC1(C)CC1. The van der Waals surface area contributed by atoms with Crippen molar-refractivity contribution in [2.45, 2.75) is 44.7 Å². The molecule has 13 heavy (non-hydrogen) atoms. The van der Waals surface area contributed by atoms with Gasteiger partial charge >= 0.3 is 6.03 Å². The first-order valence-corrected chi connectivity index (χ1v) is 4.58. The molecule has 0 aliphatic heterocycles. The smallest absolute Gasteiger partial charge is 0.315 e. The molecule has 1 fully saturated rings. The van der Waals surface area contributed by atoms with Gasteiger partial charge in [0.2, 0.25) is 0 Å². The van der Waals surface area contributed by atoms with Crippen LogP contribution in [0.2, 0.25) is 0 Å². The van der Waals surface area contributed by atoms with Crippen LogP contribution in [0.15, 0.2) is 0 Å². The third-order valence-electron chi connectivity index (χ3n) is 2.22. The lowest BCUT2D eigenvalue weighted by Gasteiger charge is -2.15. The summed E-state index contributed by atoms with van der Waals surface area (Å²) < 4.78 is 0. The van der Waals surface area contributed by atoms with E-state index in [9.17, 15) is 4.79 Å². The lowest BCUT2D eigenvalue weighted by atomic mass is 10.2. The number of carbonyl (C=O) groups excluding carboxylic acids is 1. The molecule has 1 saturated carbocycles. The zero-order valence-electron chi connectivity index (χ0n) is 8.18. The fourth-order valence-electron chi connectivity index (χ4n) is 1.07. The molecule has 0 aromatic heterocycles. The van der Waals surface area contributed by atoms with Crippen molar-refractivity contribution in [3.8, 4) is 12.3 Å². The van der Waals surface area contributed by atoms with Gasteiger partial charge in [-0.1, -0.05) is 0 Å². The molecule has 3 nitrogen and oxygen atoms in total. The molecule has 1 atom stereocenters. The first kappa shape index (κ1) is 9.91. The Bertz CT molecular complexity index is 238. The van der Waals surface area contributed by atoms with Crippen molar-refractivity contribution in [3.63, 3.8) is 0 Å². The molecule has 0 bridgehead atoms.